The fourth-order valence-electron chi connectivity index (χ4n) is 2.15. The first-order chi connectivity index (χ1) is 9.57. The van der Waals surface area contributed by atoms with Gasteiger partial charge in [0.1, 0.15) is 5.60 Å². The maximum atomic E-state index is 12.0. The minimum absolute atomic E-state index is 0.174. The first-order valence-electron chi connectivity index (χ1n) is 7.23. The molecule has 0 aliphatic carbocycles. The van der Waals surface area contributed by atoms with Crippen LogP contribution in [-0.2, 0) is 14.8 Å². The largest absolute Gasteiger partial charge is 0.444 e. The highest BCUT2D eigenvalue weighted by Crippen LogP contribution is 2.15. The molecule has 0 saturated carbocycles. The summed E-state index contributed by atoms with van der Waals surface area (Å²) >= 11 is 0. The van der Waals surface area contributed by atoms with Gasteiger partial charge in [0.05, 0.1) is 6.26 Å². The molecule has 1 aliphatic heterocycles. The maximum Gasteiger partial charge on any atom is 0.410 e. The average molecular weight is 321 g/mol. The highest BCUT2D eigenvalue weighted by atomic mass is 32.2. The van der Waals surface area contributed by atoms with Crippen LogP contribution in [0.1, 0.15) is 33.6 Å². The third-order valence-corrected chi connectivity index (χ3v) is 3.72. The Balaban J connectivity index is 2.33. The van der Waals surface area contributed by atoms with E-state index in [1.807, 2.05) is 20.8 Å². The number of carbonyl (C=O) groups excluding carboxylic acids is 1. The van der Waals surface area contributed by atoms with E-state index in [-0.39, 0.29) is 12.1 Å². The van der Waals surface area contributed by atoms with Crippen molar-refractivity contribution in [3.05, 3.63) is 0 Å². The highest BCUT2D eigenvalue weighted by molar-refractivity contribution is 7.88. The van der Waals surface area contributed by atoms with Crippen molar-refractivity contribution in [3.63, 3.8) is 0 Å². The number of amides is 1. The lowest BCUT2D eigenvalue weighted by atomic mass is 10.1. The van der Waals surface area contributed by atoms with Crippen LogP contribution >= 0.6 is 0 Å². The number of nitrogens with one attached hydrogen (secondary N) is 2. The molecule has 1 rings (SSSR count). The zero-order chi connectivity index (χ0) is 16.1. The SMILES string of the molecule is CC(C)(C)OC(=O)N1CCCC(NCCNS(C)(=O)=O)C1. The molecule has 2 N–H and O–H groups in total. The standard InChI is InChI=1S/C13H27N3O4S/c1-13(2,3)20-12(17)16-9-5-6-11(10-16)14-7-8-15-21(4,18)19/h11,14-15H,5-10H2,1-4H3. The lowest BCUT2D eigenvalue weighted by molar-refractivity contribution is 0.0188. The molecule has 8 heteroatoms. The van der Waals surface area contributed by atoms with E-state index in [0.717, 1.165) is 19.1 Å². The van der Waals surface area contributed by atoms with Crippen LogP contribution in [0.25, 0.3) is 0 Å². The van der Waals surface area contributed by atoms with Gasteiger partial charge in [-0.25, -0.2) is 17.9 Å². The molecule has 0 aromatic heterocycles. The van der Waals surface area contributed by atoms with Crippen molar-refractivity contribution in [2.45, 2.75) is 45.3 Å². The van der Waals surface area contributed by atoms with Crippen LogP contribution in [0.4, 0.5) is 4.79 Å². The van der Waals surface area contributed by atoms with E-state index in [4.69, 9.17) is 4.74 Å². The molecule has 1 fully saturated rings. The average Bonchev–Trinajstić information content (AvgIpc) is 2.32. The number of nitrogens with zero attached hydrogens (tertiary/aromatic N) is 1. The maximum absolute atomic E-state index is 12.0. The molecule has 0 radical (unpaired) electrons. The van der Waals surface area contributed by atoms with Gasteiger partial charge in [0.2, 0.25) is 10.0 Å². The number of hydrogen-bond acceptors (Lipinski definition) is 5. The van der Waals surface area contributed by atoms with Crippen molar-refractivity contribution >= 4 is 16.1 Å². The van der Waals surface area contributed by atoms with Crippen LogP contribution in [0.3, 0.4) is 0 Å². The summed E-state index contributed by atoms with van der Waals surface area (Å²) in [7, 11) is -3.15. The van der Waals surface area contributed by atoms with Crippen LogP contribution in [0.5, 0.6) is 0 Å². The molecule has 1 unspecified atom stereocenters. The Bertz CT molecular complexity index is 445. The Morgan fingerprint density at radius 3 is 2.57 bits per heavy atom. The van der Waals surface area contributed by atoms with Crippen LogP contribution < -0.4 is 10.0 Å². The third kappa shape index (κ3) is 8.23. The van der Waals surface area contributed by atoms with Crippen LogP contribution in [-0.4, -0.2) is 63.5 Å². The summed E-state index contributed by atoms with van der Waals surface area (Å²) in [6.45, 7) is 7.73. The van der Waals surface area contributed by atoms with E-state index in [2.05, 4.69) is 10.0 Å². The Hall–Kier alpha value is -0.860. The Labute approximate surface area is 127 Å². The monoisotopic (exact) mass is 321 g/mol. The second-order valence-corrected chi connectivity index (χ2v) is 8.22. The van der Waals surface area contributed by atoms with Crippen LogP contribution in [0.15, 0.2) is 0 Å². The summed E-state index contributed by atoms with van der Waals surface area (Å²) in [5, 5.41) is 3.27. The van der Waals surface area contributed by atoms with Gasteiger partial charge in [0.25, 0.3) is 0 Å². The number of sulfonamides is 1. The van der Waals surface area contributed by atoms with Gasteiger partial charge in [0, 0.05) is 32.2 Å². The number of piperidine rings is 1. The van der Waals surface area contributed by atoms with Gasteiger partial charge < -0.3 is 15.0 Å². The van der Waals surface area contributed by atoms with Crippen molar-refractivity contribution in [1.82, 2.24) is 14.9 Å². The second kappa shape index (κ2) is 7.42. The third-order valence-electron chi connectivity index (χ3n) is 3.00. The predicted octanol–water partition coefficient (Wildman–Crippen LogP) is 0.525. The summed E-state index contributed by atoms with van der Waals surface area (Å²) in [6, 6.07) is 0.174. The highest BCUT2D eigenvalue weighted by Gasteiger charge is 2.27. The number of likely N-dealkylation sites (tertiary alicyclic amines) is 1. The molecule has 1 atom stereocenters. The lowest BCUT2D eigenvalue weighted by Gasteiger charge is -2.34. The van der Waals surface area contributed by atoms with Crippen molar-refractivity contribution < 1.29 is 17.9 Å². The van der Waals surface area contributed by atoms with Gasteiger partial charge >= 0.3 is 6.09 Å². The molecular weight excluding hydrogens is 294 g/mol. The molecule has 21 heavy (non-hydrogen) atoms. The minimum atomic E-state index is -3.15. The molecule has 0 bridgehead atoms. The molecule has 1 saturated heterocycles. The Morgan fingerprint density at radius 2 is 2.00 bits per heavy atom. The number of carbonyl (C=O) groups is 1. The van der Waals surface area contributed by atoms with Gasteiger partial charge in [-0.05, 0) is 33.6 Å². The zero-order valence-electron chi connectivity index (χ0n) is 13.3. The molecule has 7 nitrogen and oxygen atoms in total. The molecule has 0 aromatic rings. The first-order valence-corrected chi connectivity index (χ1v) is 9.12. The molecule has 1 aliphatic rings. The number of hydrogen-bond donors (Lipinski definition) is 2. The smallest absolute Gasteiger partial charge is 0.410 e. The molecule has 124 valence electrons. The van der Waals surface area contributed by atoms with Crippen molar-refractivity contribution in [3.8, 4) is 0 Å². The summed E-state index contributed by atoms with van der Waals surface area (Å²) in [6.07, 6.45) is 2.73. The van der Waals surface area contributed by atoms with Gasteiger partial charge in [-0.15, -0.1) is 0 Å². The Morgan fingerprint density at radius 1 is 1.33 bits per heavy atom. The summed E-state index contributed by atoms with van der Waals surface area (Å²) < 4.78 is 29.7. The first kappa shape index (κ1) is 18.2. The predicted molar refractivity (Wildman–Crippen MR) is 81.7 cm³/mol. The molecule has 0 aromatic carbocycles. The molecular formula is C13H27N3O4S. The fraction of sp³-hybridized carbons (Fsp3) is 0.923. The second-order valence-electron chi connectivity index (χ2n) is 6.39. The fourth-order valence-corrected chi connectivity index (χ4v) is 2.62. The van der Waals surface area contributed by atoms with Crippen molar-refractivity contribution in [2.24, 2.45) is 0 Å². The van der Waals surface area contributed by atoms with Gasteiger partial charge in [-0.1, -0.05) is 0 Å². The number of rotatable bonds is 5. The normalized spacial score (nSPS) is 20.4. The number of ether oxygens (including phenoxy) is 1. The summed E-state index contributed by atoms with van der Waals surface area (Å²) in [5.74, 6) is 0. The summed E-state index contributed by atoms with van der Waals surface area (Å²) in [4.78, 5) is 13.7. The van der Waals surface area contributed by atoms with E-state index < -0.39 is 15.6 Å². The molecule has 0 spiro atoms. The van der Waals surface area contributed by atoms with E-state index in [0.29, 0.717) is 26.2 Å². The Kier molecular flexibility index (Phi) is 6.42. The van der Waals surface area contributed by atoms with E-state index >= 15 is 0 Å². The summed E-state index contributed by atoms with van der Waals surface area (Å²) in [5.41, 5.74) is -0.489. The minimum Gasteiger partial charge on any atom is -0.444 e. The van der Waals surface area contributed by atoms with Crippen molar-refractivity contribution in [1.29, 1.82) is 0 Å². The van der Waals surface area contributed by atoms with E-state index in [9.17, 15) is 13.2 Å². The van der Waals surface area contributed by atoms with E-state index in [1.54, 1.807) is 4.90 Å². The van der Waals surface area contributed by atoms with Gasteiger partial charge in [-0.3, -0.25) is 0 Å². The van der Waals surface area contributed by atoms with Crippen molar-refractivity contribution in [2.75, 3.05) is 32.4 Å². The van der Waals surface area contributed by atoms with Gasteiger partial charge in [-0.2, -0.15) is 0 Å². The van der Waals surface area contributed by atoms with E-state index in [1.165, 1.54) is 0 Å². The topological polar surface area (TPSA) is 87.7 Å². The van der Waals surface area contributed by atoms with Crippen LogP contribution in [0, 0.1) is 0 Å². The molecule has 1 amide bonds. The van der Waals surface area contributed by atoms with Crippen LogP contribution in [0.2, 0.25) is 0 Å². The zero-order valence-corrected chi connectivity index (χ0v) is 14.1. The molecule has 1 heterocycles. The lowest BCUT2D eigenvalue weighted by Crippen LogP contribution is -2.50. The quantitative estimate of drug-likeness (QED) is 0.721. The van der Waals surface area contributed by atoms with Gasteiger partial charge in [0.15, 0.2) is 0 Å².